The summed E-state index contributed by atoms with van der Waals surface area (Å²) in [6.45, 7) is 3.89. The molecule has 0 aliphatic heterocycles. The van der Waals surface area contributed by atoms with E-state index in [2.05, 4.69) is 17.2 Å². The van der Waals surface area contributed by atoms with Gasteiger partial charge in [0.25, 0.3) is 11.8 Å². The molecule has 0 radical (unpaired) electrons. The Morgan fingerprint density at radius 1 is 1.09 bits per heavy atom. The number of rotatable bonds is 5. The molecule has 23 heavy (non-hydrogen) atoms. The standard InChI is InChI=1S/C18H15N3O2/c1-2-9-20-17(22)14-6-4-7-15(11-14)18(23)21-16-8-3-5-13(10-16)12-19/h2-8,10-11H,1,9H2,(H,20,22)(H,21,23). The van der Waals surface area contributed by atoms with E-state index in [1.165, 1.54) is 6.07 Å². The zero-order valence-corrected chi connectivity index (χ0v) is 12.4. The summed E-state index contributed by atoms with van der Waals surface area (Å²) in [7, 11) is 0. The van der Waals surface area contributed by atoms with E-state index in [9.17, 15) is 9.59 Å². The molecule has 0 aliphatic rings. The molecule has 2 aromatic carbocycles. The first-order valence-corrected chi connectivity index (χ1v) is 6.94. The van der Waals surface area contributed by atoms with Crippen LogP contribution < -0.4 is 10.6 Å². The lowest BCUT2D eigenvalue weighted by molar-refractivity contribution is 0.0958. The smallest absolute Gasteiger partial charge is 0.255 e. The van der Waals surface area contributed by atoms with Crippen LogP contribution in [-0.4, -0.2) is 18.4 Å². The number of nitrogens with one attached hydrogen (secondary N) is 2. The minimum absolute atomic E-state index is 0.272. The fourth-order valence-electron chi connectivity index (χ4n) is 1.94. The third-order valence-corrected chi connectivity index (χ3v) is 3.04. The van der Waals surface area contributed by atoms with Gasteiger partial charge in [-0.05, 0) is 36.4 Å². The second-order valence-electron chi connectivity index (χ2n) is 4.73. The van der Waals surface area contributed by atoms with E-state index >= 15 is 0 Å². The molecular formula is C18H15N3O2. The van der Waals surface area contributed by atoms with Gasteiger partial charge in [0.05, 0.1) is 11.6 Å². The van der Waals surface area contributed by atoms with Crippen molar-refractivity contribution in [1.82, 2.24) is 5.32 Å². The molecule has 0 atom stereocenters. The first-order chi connectivity index (χ1) is 11.1. The summed E-state index contributed by atoms with van der Waals surface area (Å²) in [4.78, 5) is 24.2. The molecule has 2 N–H and O–H groups in total. The molecule has 0 saturated heterocycles. The first kappa shape index (κ1) is 16.0. The minimum atomic E-state index is -0.349. The van der Waals surface area contributed by atoms with Crippen LogP contribution in [-0.2, 0) is 0 Å². The maximum atomic E-state index is 12.3. The summed E-state index contributed by atoms with van der Waals surface area (Å²) in [6.07, 6.45) is 1.58. The van der Waals surface area contributed by atoms with Crippen molar-refractivity contribution in [2.24, 2.45) is 0 Å². The largest absolute Gasteiger partial charge is 0.349 e. The van der Waals surface area contributed by atoms with Crippen LogP contribution in [0.2, 0.25) is 0 Å². The van der Waals surface area contributed by atoms with Crippen molar-refractivity contribution in [3.05, 3.63) is 77.9 Å². The highest BCUT2D eigenvalue weighted by atomic mass is 16.2. The molecule has 2 rings (SSSR count). The van der Waals surface area contributed by atoms with E-state index < -0.39 is 0 Å². The first-order valence-electron chi connectivity index (χ1n) is 6.94. The van der Waals surface area contributed by atoms with Crippen LogP contribution >= 0.6 is 0 Å². The fourth-order valence-corrected chi connectivity index (χ4v) is 1.94. The van der Waals surface area contributed by atoms with Crippen molar-refractivity contribution >= 4 is 17.5 Å². The van der Waals surface area contributed by atoms with Crippen LogP contribution in [0.15, 0.2) is 61.2 Å². The van der Waals surface area contributed by atoms with Gasteiger partial charge in [0.1, 0.15) is 0 Å². The maximum Gasteiger partial charge on any atom is 0.255 e. The molecule has 0 spiro atoms. The Balaban J connectivity index is 2.14. The zero-order chi connectivity index (χ0) is 16.7. The number of benzene rings is 2. The van der Waals surface area contributed by atoms with Gasteiger partial charge in [0, 0.05) is 23.4 Å². The number of hydrogen-bond acceptors (Lipinski definition) is 3. The van der Waals surface area contributed by atoms with Crippen molar-refractivity contribution in [3.8, 4) is 6.07 Å². The number of nitrogens with zero attached hydrogens (tertiary/aromatic N) is 1. The van der Waals surface area contributed by atoms with Gasteiger partial charge < -0.3 is 10.6 Å². The summed E-state index contributed by atoms with van der Waals surface area (Å²) >= 11 is 0. The summed E-state index contributed by atoms with van der Waals surface area (Å²) in [5.74, 6) is -0.621. The molecule has 0 fully saturated rings. The Bertz CT molecular complexity index is 791. The average molecular weight is 305 g/mol. The van der Waals surface area contributed by atoms with Crippen LogP contribution in [0.4, 0.5) is 5.69 Å². The molecule has 5 heteroatoms. The Morgan fingerprint density at radius 2 is 1.78 bits per heavy atom. The van der Waals surface area contributed by atoms with Crippen LogP contribution in [0.1, 0.15) is 26.3 Å². The Kier molecular flexibility index (Phi) is 5.26. The molecule has 0 aromatic heterocycles. The third kappa shape index (κ3) is 4.29. The SMILES string of the molecule is C=CCNC(=O)c1cccc(C(=O)Nc2cccc(C#N)c2)c1. The van der Waals surface area contributed by atoms with Crippen LogP contribution in [0.25, 0.3) is 0 Å². The zero-order valence-electron chi connectivity index (χ0n) is 12.4. The molecule has 0 aliphatic carbocycles. The van der Waals surface area contributed by atoms with Gasteiger partial charge in [-0.25, -0.2) is 0 Å². The Hall–Kier alpha value is -3.39. The summed E-state index contributed by atoms with van der Waals surface area (Å²) < 4.78 is 0. The van der Waals surface area contributed by atoms with E-state index in [-0.39, 0.29) is 11.8 Å². The van der Waals surface area contributed by atoms with Gasteiger partial charge in [-0.2, -0.15) is 5.26 Å². The highest BCUT2D eigenvalue weighted by molar-refractivity contribution is 6.06. The van der Waals surface area contributed by atoms with Gasteiger partial charge in [0.2, 0.25) is 0 Å². The molecule has 0 unspecified atom stereocenters. The van der Waals surface area contributed by atoms with Crippen molar-refractivity contribution in [1.29, 1.82) is 5.26 Å². The van der Waals surface area contributed by atoms with Crippen LogP contribution in [0.3, 0.4) is 0 Å². The second kappa shape index (κ2) is 7.57. The van der Waals surface area contributed by atoms with Gasteiger partial charge in [-0.15, -0.1) is 6.58 Å². The molecule has 0 heterocycles. The topological polar surface area (TPSA) is 82.0 Å². The van der Waals surface area contributed by atoms with Gasteiger partial charge >= 0.3 is 0 Å². The maximum absolute atomic E-state index is 12.3. The predicted molar refractivity (Wildman–Crippen MR) is 88.1 cm³/mol. The lowest BCUT2D eigenvalue weighted by Gasteiger charge is -2.07. The summed E-state index contributed by atoms with van der Waals surface area (Å²) in [5.41, 5.74) is 1.74. The Morgan fingerprint density at radius 3 is 2.48 bits per heavy atom. The highest BCUT2D eigenvalue weighted by Crippen LogP contribution is 2.13. The molecular weight excluding hydrogens is 290 g/mol. The molecule has 2 aromatic rings. The molecule has 114 valence electrons. The lowest BCUT2D eigenvalue weighted by atomic mass is 10.1. The van der Waals surface area contributed by atoms with E-state index in [4.69, 9.17) is 5.26 Å². The van der Waals surface area contributed by atoms with Crippen molar-refractivity contribution in [2.75, 3.05) is 11.9 Å². The normalized spacial score (nSPS) is 9.52. The summed E-state index contributed by atoms with van der Waals surface area (Å²) in [5, 5.41) is 14.2. The van der Waals surface area contributed by atoms with Crippen molar-refractivity contribution in [3.63, 3.8) is 0 Å². The number of hydrogen-bond donors (Lipinski definition) is 2. The second-order valence-corrected chi connectivity index (χ2v) is 4.73. The van der Waals surface area contributed by atoms with Crippen LogP contribution in [0, 0.1) is 11.3 Å². The molecule has 0 bridgehead atoms. The molecule has 5 nitrogen and oxygen atoms in total. The lowest BCUT2D eigenvalue weighted by Crippen LogP contribution is -2.23. The van der Waals surface area contributed by atoms with Gasteiger partial charge in [-0.1, -0.05) is 18.2 Å². The quantitative estimate of drug-likeness (QED) is 0.833. The molecule has 0 saturated carbocycles. The Labute approximate surface area is 134 Å². The van der Waals surface area contributed by atoms with Crippen molar-refractivity contribution < 1.29 is 9.59 Å². The minimum Gasteiger partial charge on any atom is -0.349 e. The van der Waals surface area contributed by atoms with E-state index in [0.717, 1.165) is 0 Å². The number of carbonyl (C=O) groups is 2. The fraction of sp³-hybridized carbons (Fsp3) is 0.0556. The average Bonchev–Trinajstić information content (AvgIpc) is 2.59. The van der Waals surface area contributed by atoms with Gasteiger partial charge in [0.15, 0.2) is 0 Å². The van der Waals surface area contributed by atoms with E-state index in [0.29, 0.717) is 28.9 Å². The predicted octanol–water partition coefficient (Wildman–Crippen LogP) is 2.73. The number of amides is 2. The monoisotopic (exact) mass is 305 g/mol. The van der Waals surface area contributed by atoms with Crippen molar-refractivity contribution in [2.45, 2.75) is 0 Å². The summed E-state index contributed by atoms with van der Waals surface area (Å²) in [6, 6.07) is 15.0. The van der Waals surface area contributed by atoms with Crippen LogP contribution in [0.5, 0.6) is 0 Å². The number of carbonyl (C=O) groups excluding carboxylic acids is 2. The third-order valence-electron chi connectivity index (χ3n) is 3.04. The van der Waals surface area contributed by atoms with Gasteiger partial charge in [-0.3, -0.25) is 9.59 Å². The number of anilines is 1. The number of nitriles is 1. The molecule has 2 amide bonds. The van der Waals surface area contributed by atoms with E-state index in [1.54, 1.807) is 48.5 Å². The highest BCUT2D eigenvalue weighted by Gasteiger charge is 2.10. The van der Waals surface area contributed by atoms with E-state index in [1.807, 2.05) is 6.07 Å².